The number of rotatable bonds is 3. The highest BCUT2D eigenvalue weighted by atomic mass is 16.5. The molecule has 2 heteroatoms. The van der Waals surface area contributed by atoms with Crippen LogP contribution in [0.3, 0.4) is 0 Å². The van der Waals surface area contributed by atoms with Crippen LogP contribution in [0.25, 0.3) is 22.2 Å². The average Bonchev–Trinajstić information content (AvgIpc) is 2.89. The zero-order valence-electron chi connectivity index (χ0n) is 12.8. The predicted octanol–water partition coefficient (Wildman–Crippen LogP) is 5.26. The molecule has 0 saturated heterocycles. The van der Waals surface area contributed by atoms with Gasteiger partial charge in [-0.3, -0.25) is 0 Å². The number of ether oxygens (including phenoxy) is 1. The summed E-state index contributed by atoms with van der Waals surface area (Å²) in [6.45, 7) is 7.24. The van der Waals surface area contributed by atoms with Crippen LogP contribution in [0.1, 0.15) is 20.8 Å². The van der Waals surface area contributed by atoms with Gasteiger partial charge in [-0.25, -0.2) is 0 Å². The van der Waals surface area contributed by atoms with Crippen molar-refractivity contribution < 1.29 is 4.74 Å². The number of aromatic amines is 1. The molecule has 2 aromatic carbocycles. The molecule has 21 heavy (non-hydrogen) atoms. The molecule has 0 amide bonds. The molecule has 0 spiro atoms. The molecule has 1 N–H and O–H groups in total. The van der Waals surface area contributed by atoms with Gasteiger partial charge in [-0.05, 0) is 47.4 Å². The van der Waals surface area contributed by atoms with Crippen molar-refractivity contribution in [3.8, 4) is 17.0 Å². The van der Waals surface area contributed by atoms with Gasteiger partial charge in [-0.2, -0.15) is 0 Å². The van der Waals surface area contributed by atoms with Gasteiger partial charge in [0, 0.05) is 16.6 Å². The number of aromatic nitrogens is 1. The van der Waals surface area contributed by atoms with Crippen molar-refractivity contribution in [2.45, 2.75) is 20.8 Å². The maximum absolute atomic E-state index is 5.81. The summed E-state index contributed by atoms with van der Waals surface area (Å²) in [5, 5.41) is 1.24. The number of para-hydroxylation sites is 1. The fraction of sp³-hybridized carbons (Fsp3) is 0.263. The zero-order chi connectivity index (χ0) is 14.9. The van der Waals surface area contributed by atoms with Crippen LogP contribution in [-0.4, -0.2) is 11.6 Å². The Morgan fingerprint density at radius 1 is 0.952 bits per heavy atom. The first-order valence-corrected chi connectivity index (χ1v) is 7.32. The highest BCUT2D eigenvalue weighted by Crippen LogP contribution is 2.26. The van der Waals surface area contributed by atoms with E-state index in [1.54, 1.807) is 0 Å². The van der Waals surface area contributed by atoms with Gasteiger partial charge < -0.3 is 9.72 Å². The first-order valence-electron chi connectivity index (χ1n) is 7.32. The first-order chi connectivity index (χ1) is 10.0. The minimum atomic E-state index is 0.176. The molecular weight excluding hydrogens is 258 g/mol. The van der Waals surface area contributed by atoms with Crippen LogP contribution < -0.4 is 4.74 Å². The SMILES string of the molecule is CC(C)(C)COc1ccc(-c2cc3ccccc3[nH]2)cc1. The zero-order valence-corrected chi connectivity index (χ0v) is 12.8. The van der Waals surface area contributed by atoms with E-state index < -0.39 is 0 Å². The topological polar surface area (TPSA) is 25.0 Å². The third-order valence-corrected chi connectivity index (χ3v) is 3.37. The summed E-state index contributed by atoms with van der Waals surface area (Å²) in [7, 11) is 0. The number of hydrogen-bond acceptors (Lipinski definition) is 1. The molecule has 0 saturated carbocycles. The lowest BCUT2D eigenvalue weighted by atomic mass is 9.99. The summed E-state index contributed by atoms with van der Waals surface area (Å²) in [4.78, 5) is 3.45. The standard InChI is InChI=1S/C19H21NO/c1-19(2,3)13-21-16-10-8-14(9-11-16)18-12-15-6-4-5-7-17(15)20-18/h4-12,20H,13H2,1-3H3. The largest absolute Gasteiger partial charge is 0.493 e. The van der Waals surface area contributed by atoms with Crippen LogP contribution in [0, 0.1) is 5.41 Å². The number of fused-ring (bicyclic) bond motifs is 1. The van der Waals surface area contributed by atoms with E-state index in [0.29, 0.717) is 0 Å². The van der Waals surface area contributed by atoms with Gasteiger partial charge in [0.05, 0.1) is 6.61 Å². The lowest BCUT2D eigenvalue weighted by molar-refractivity contribution is 0.198. The molecule has 0 aliphatic rings. The number of nitrogens with one attached hydrogen (secondary N) is 1. The van der Waals surface area contributed by atoms with Crippen molar-refractivity contribution >= 4 is 10.9 Å². The fourth-order valence-electron chi connectivity index (χ4n) is 2.26. The van der Waals surface area contributed by atoms with Gasteiger partial charge in [0.15, 0.2) is 0 Å². The van der Waals surface area contributed by atoms with Crippen LogP contribution in [0.2, 0.25) is 0 Å². The monoisotopic (exact) mass is 279 g/mol. The van der Waals surface area contributed by atoms with Crippen LogP contribution in [0.15, 0.2) is 54.6 Å². The Kier molecular flexibility index (Phi) is 3.46. The molecular formula is C19H21NO. The van der Waals surface area contributed by atoms with Crippen LogP contribution in [0.4, 0.5) is 0 Å². The summed E-state index contributed by atoms with van der Waals surface area (Å²) >= 11 is 0. The van der Waals surface area contributed by atoms with E-state index >= 15 is 0 Å². The van der Waals surface area contributed by atoms with Crippen LogP contribution >= 0.6 is 0 Å². The molecule has 0 aliphatic carbocycles. The smallest absolute Gasteiger partial charge is 0.119 e. The van der Waals surface area contributed by atoms with E-state index in [2.05, 4.69) is 62.2 Å². The molecule has 2 nitrogen and oxygen atoms in total. The molecule has 0 aliphatic heterocycles. The Morgan fingerprint density at radius 2 is 1.67 bits per heavy atom. The Morgan fingerprint density at radius 3 is 2.33 bits per heavy atom. The highest BCUT2D eigenvalue weighted by Gasteiger charge is 2.11. The highest BCUT2D eigenvalue weighted by molar-refractivity contribution is 5.85. The van der Waals surface area contributed by atoms with Gasteiger partial charge in [0.25, 0.3) is 0 Å². The Bertz CT molecular complexity index is 699. The summed E-state index contributed by atoms with van der Waals surface area (Å²) < 4.78 is 5.81. The van der Waals surface area contributed by atoms with E-state index in [1.165, 1.54) is 16.5 Å². The minimum absolute atomic E-state index is 0.176. The Labute approximate surface area is 125 Å². The summed E-state index contributed by atoms with van der Waals surface area (Å²) in [5.74, 6) is 0.921. The minimum Gasteiger partial charge on any atom is -0.493 e. The lowest BCUT2D eigenvalue weighted by Crippen LogP contribution is -2.16. The van der Waals surface area contributed by atoms with Gasteiger partial charge in [0.2, 0.25) is 0 Å². The van der Waals surface area contributed by atoms with E-state index in [-0.39, 0.29) is 5.41 Å². The van der Waals surface area contributed by atoms with Gasteiger partial charge in [-0.15, -0.1) is 0 Å². The molecule has 1 heterocycles. The summed E-state index contributed by atoms with van der Waals surface area (Å²) in [6.07, 6.45) is 0. The molecule has 0 bridgehead atoms. The molecule has 0 radical (unpaired) electrons. The van der Waals surface area contributed by atoms with Gasteiger partial charge in [-0.1, -0.05) is 39.0 Å². The lowest BCUT2D eigenvalue weighted by Gasteiger charge is -2.18. The van der Waals surface area contributed by atoms with E-state index in [9.17, 15) is 0 Å². The van der Waals surface area contributed by atoms with Crippen molar-refractivity contribution in [3.05, 3.63) is 54.6 Å². The normalized spacial score (nSPS) is 11.8. The summed E-state index contributed by atoms with van der Waals surface area (Å²) in [6, 6.07) is 18.8. The van der Waals surface area contributed by atoms with E-state index in [4.69, 9.17) is 4.74 Å². The Hall–Kier alpha value is -2.22. The molecule has 3 aromatic rings. The second-order valence-corrected chi connectivity index (χ2v) is 6.64. The van der Waals surface area contributed by atoms with Crippen molar-refractivity contribution in [2.24, 2.45) is 5.41 Å². The number of H-pyrrole nitrogens is 1. The molecule has 3 rings (SSSR count). The molecule has 1 aromatic heterocycles. The van der Waals surface area contributed by atoms with Crippen molar-refractivity contribution in [1.82, 2.24) is 4.98 Å². The van der Waals surface area contributed by atoms with E-state index in [1.807, 2.05) is 18.2 Å². The van der Waals surface area contributed by atoms with Crippen molar-refractivity contribution in [2.75, 3.05) is 6.61 Å². The van der Waals surface area contributed by atoms with Crippen molar-refractivity contribution in [3.63, 3.8) is 0 Å². The van der Waals surface area contributed by atoms with Crippen molar-refractivity contribution in [1.29, 1.82) is 0 Å². The van der Waals surface area contributed by atoms with Crippen LogP contribution in [-0.2, 0) is 0 Å². The quantitative estimate of drug-likeness (QED) is 0.695. The third-order valence-electron chi connectivity index (χ3n) is 3.37. The Balaban J connectivity index is 1.80. The summed E-state index contributed by atoms with van der Waals surface area (Å²) in [5.41, 5.74) is 3.66. The third kappa shape index (κ3) is 3.27. The number of hydrogen-bond donors (Lipinski definition) is 1. The molecule has 0 unspecified atom stereocenters. The number of benzene rings is 2. The molecule has 108 valence electrons. The maximum Gasteiger partial charge on any atom is 0.119 e. The predicted molar refractivity (Wildman–Crippen MR) is 88.7 cm³/mol. The second-order valence-electron chi connectivity index (χ2n) is 6.64. The van der Waals surface area contributed by atoms with Gasteiger partial charge in [0.1, 0.15) is 5.75 Å². The van der Waals surface area contributed by atoms with Crippen LogP contribution in [0.5, 0.6) is 5.75 Å². The van der Waals surface area contributed by atoms with Gasteiger partial charge >= 0.3 is 0 Å². The average molecular weight is 279 g/mol. The second kappa shape index (κ2) is 5.28. The fourth-order valence-corrected chi connectivity index (χ4v) is 2.26. The molecule has 0 fully saturated rings. The first kappa shape index (κ1) is 13.7. The van der Waals surface area contributed by atoms with E-state index in [0.717, 1.165) is 18.1 Å². The maximum atomic E-state index is 5.81. The molecule has 0 atom stereocenters.